The van der Waals surface area contributed by atoms with Crippen LogP contribution in [-0.4, -0.2) is 35.1 Å². The molecule has 0 radical (unpaired) electrons. The van der Waals surface area contributed by atoms with Crippen molar-refractivity contribution in [2.24, 2.45) is 11.7 Å². The molecule has 0 saturated carbocycles. The molecule has 0 aromatic carbocycles. The Morgan fingerprint density at radius 2 is 2.21 bits per heavy atom. The van der Waals surface area contributed by atoms with E-state index in [4.69, 9.17) is 10.8 Å². The van der Waals surface area contributed by atoms with Crippen LogP contribution in [0.1, 0.15) is 28.9 Å². The number of hydrogen-bond donors (Lipinski definition) is 2. The van der Waals surface area contributed by atoms with Crippen molar-refractivity contribution in [1.82, 2.24) is 4.98 Å². The van der Waals surface area contributed by atoms with Crippen molar-refractivity contribution in [3.8, 4) is 0 Å². The van der Waals surface area contributed by atoms with Gasteiger partial charge in [0, 0.05) is 13.1 Å². The summed E-state index contributed by atoms with van der Waals surface area (Å²) in [6.45, 7) is 3.03. The van der Waals surface area contributed by atoms with Gasteiger partial charge in [-0.25, -0.2) is 9.78 Å². The second kappa shape index (κ2) is 5.26. The number of anilines is 1. The van der Waals surface area contributed by atoms with Crippen LogP contribution in [-0.2, 0) is 4.79 Å². The Kier molecular flexibility index (Phi) is 3.69. The lowest BCUT2D eigenvalue weighted by Crippen LogP contribution is -2.41. The monoisotopic (exact) mass is 263 g/mol. The predicted molar refractivity (Wildman–Crippen MR) is 70.1 cm³/mol. The highest BCUT2D eigenvalue weighted by molar-refractivity contribution is 5.89. The first-order chi connectivity index (χ1) is 8.99. The summed E-state index contributed by atoms with van der Waals surface area (Å²) < 4.78 is 0. The van der Waals surface area contributed by atoms with Crippen LogP contribution in [0, 0.1) is 12.8 Å². The third kappa shape index (κ3) is 2.83. The Balaban J connectivity index is 2.20. The minimum Gasteiger partial charge on any atom is -0.478 e. The molecule has 1 amide bonds. The van der Waals surface area contributed by atoms with Gasteiger partial charge in [-0.2, -0.15) is 0 Å². The third-order valence-corrected chi connectivity index (χ3v) is 3.45. The number of amides is 1. The van der Waals surface area contributed by atoms with Gasteiger partial charge >= 0.3 is 5.97 Å². The summed E-state index contributed by atoms with van der Waals surface area (Å²) in [6.07, 6.45) is 1.69. The molecule has 6 heteroatoms. The number of carbonyl (C=O) groups excluding carboxylic acids is 1. The summed E-state index contributed by atoms with van der Waals surface area (Å²) in [5, 5.41) is 8.97. The summed E-state index contributed by atoms with van der Waals surface area (Å²) in [7, 11) is 0. The zero-order valence-corrected chi connectivity index (χ0v) is 10.8. The van der Waals surface area contributed by atoms with E-state index in [0.29, 0.717) is 18.1 Å². The van der Waals surface area contributed by atoms with Crippen LogP contribution < -0.4 is 10.6 Å². The fourth-order valence-electron chi connectivity index (χ4n) is 2.37. The topological polar surface area (TPSA) is 96.5 Å². The maximum atomic E-state index is 11.2. The molecule has 0 bridgehead atoms. The Labute approximate surface area is 111 Å². The third-order valence-electron chi connectivity index (χ3n) is 3.45. The first-order valence-electron chi connectivity index (χ1n) is 6.24. The SMILES string of the molecule is Cc1nc(N2CCCC(C(N)=O)C2)ccc1C(=O)O. The molecule has 6 nitrogen and oxygen atoms in total. The number of carbonyl (C=O) groups is 2. The molecule has 19 heavy (non-hydrogen) atoms. The molecule has 1 aliphatic heterocycles. The summed E-state index contributed by atoms with van der Waals surface area (Å²) in [5.74, 6) is -0.725. The minimum absolute atomic E-state index is 0.157. The fraction of sp³-hybridized carbons (Fsp3) is 0.462. The highest BCUT2D eigenvalue weighted by Crippen LogP contribution is 2.22. The lowest BCUT2D eigenvalue weighted by molar-refractivity contribution is -0.122. The Hall–Kier alpha value is -2.11. The smallest absolute Gasteiger partial charge is 0.337 e. The summed E-state index contributed by atoms with van der Waals surface area (Å²) >= 11 is 0. The summed E-state index contributed by atoms with van der Waals surface area (Å²) in [5.41, 5.74) is 6.02. The Morgan fingerprint density at radius 3 is 2.79 bits per heavy atom. The zero-order valence-electron chi connectivity index (χ0n) is 10.8. The molecule has 0 spiro atoms. The molecule has 0 aliphatic carbocycles. The molecule has 1 saturated heterocycles. The highest BCUT2D eigenvalue weighted by atomic mass is 16.4. The number of aromatic carboxylic acids is 1. The van der Waals surface area contributed by atoms with E-state index in [1.165, 1.54) is 0 Å². The van der Waals surface area contributed by atoms with E-state index in [2.05, 4.69) is 4.98 Å². The van der Waals surface area contributed by atoms with Crippen molar-refractivity contribution in [3.05, 3.63) is 23.4 Å². The van der Waals surface area contributed by atoms with Crippen LogP contribution in [0.5, 0.6) is 0 Å². The van der Waals surface area contributed by atoms with Crippen LogP contribution in [0.2, 0.25) is 0 Å². The van der Waals surface area contributed by atoms with Crippen molar-refractivity contribution in [3.63, 3.8) is 0 Å². The number of aromatic nitrogens is 1. The van der Waals surface area contributed by atoms with Crippen molar-refractivity contribution in [2.75, 3.05) is 18.0 Å². The largest absolute Gasteiger partial charge is 0.478 e. The summed E-state index contributed by atoms with van der Waals surface area (Å²) in [6, 6.07) is 3.23. The van der Waals surface area contributed by atoms with E-state index in [0.717, 1.165) is 19.4 Å². The van der Waals surface area contributed by atoms with E-state index in [1.54, 1.807) is 19.1 Å². The van der Waals surface area contributed by atoms with E-state index < -0.39 is 5.97 Å². The number of aryl methyl sites for hydroxylation is 1. The number of nitrogens with zero attached hydrogens (tertiary/aromatic N) is 2. The van der Waals surface area contributed by atoms with Gasteiger partial charge in [-0.1, -0.05) is 0 Å². The van der Waals surface area contributed by atoms with Gasteiger partial charge in [0.1, 0.15) is 5.82 Å². The molecule has 1 atom stereocenters. The predicted octanol–water partition coefficient (Wildman–Crippen LogP) is 0.790. The van der Waals surface area contributed by atoms with E-state index >= 15 is 0 Å². The quantitative estimate of drug-likeness (QED) is 0.840. The van der Waals surface area contributed by atoms with Crippen molar-refractivity contribution >= 4 is 17.7 Å². The second-order valence-corrected chi connectivity index (χ2v) is 4.80. The van der Waals surface area contributed by atoms with Gasteiger partial charge in [-0.3, -0.25) is 4.79 Å². The summed E-state index contributed by atoms with van der Waals surface area (Å²) in [4.78, 5) is 28.5. The van der Waals surface area contributed by atoms with Crippen LogP contribution in [0.3, 0.4) is 0 Å². The average Bonchev–Trinajstić information content (AvgIpc) is 2.38. The van der Waals surface area contributed by atoms with E-state index in [1.807, 2.05) is 4.90 Å². The number of rotatable bonds is 3. The number of pyridine rings is 1. The molecular formula is C13H17N3O3. The van der Waals surface area contributed by atoms with Gasteiger partial charge in [0.15, 0.2) is 0 Å². The zero-order chi connectivity index (χ0) is 14.0. The van der Waals surface area contributed by atoms with Crippen LogP contribution >= 0.6 is 0 Å². The van der Waals surface area contributed by atoms with Gasteiger partial charge < -0.3 is 15.7 Å². The maximum Gasteiger partial charge on any atom is 0.337 e. The Morgan fingerprint density at radius 1 is 1.47 bits per heavy atom. The molecule has 1 aliphatic rings. The number of nitrogens with two attached hydrogens (primary N) is 1. The van der Waals surface area contributed by atoms with Gasteiger partial charge in [0.25, 0.3) is 0 Å². The molecule has 1 aromatic rings. The standard InChI is InChI=1S/C13H17N3O3/c1-8-10(13(18)19)4-5-11(15-8)16-6-2-3-9(7-16)12(14)17/h4-5,9H,2-3,6-7H2,1H3,(H2,14,17)(H,18,19). The average molecular weight is 263 g/mol. The van der Waals surface area contributed by atoms with Crippen molar-refractivity contribution in [2.45, 2.75) is 19.8 Å². The molecular weight excluding hydrogens is 246 g/mol. The normalized spacial score (nSPS) is 19.2. The first kappa shape index (κ1) is 13.3. The number of carboxylic acid groups (broad SMARTS) is 1. The van der Waals surface area contributed by atoms with Crippen LogP contribution in [0.4, 0.5) is 5.82 Å². The van der Waals surface area contributed by atoms with Crippen molar-refractivity contribution < 1.29 is 14.7 Å². The lowest BCUT2D eigenvalue weighted by atomic mass is 9.97. The van der Waals surface area contributed by atoms with E-state index in [-0.39, 0.29) is 17.4 Å². The molecule has 102 valence electrons. The van der Waals surface area contributed by atoms with Gasteiger partial charge in [-0.15, -0.1) is 0 Å². The fourth-order valence-corrected chi connectivity index (χ4v) is 2.37. The number of primary amides is 1. The van der Waals surface area contributed by atoms with Gasteiger partial charge in [0.2, 0.25) is 5.91 Å². The molecule has 1 aromatic heterocycles. The molecule has 1 fully saturated rings. The second-order valence-electron chi connectivity index (χ2n) is 4.80. The van der Waals surface area contributed by atoms with E-state index in [9.17, 15) is 9.59 Å². The van der Waals surface area contributed by atoms with Gasteiger partial charge in [-0.05, 0) is 31.9 Å². The first-order valence-corrected chi connectivity index (χ1v) is 6.24. The molecule has 1 unspecified atom stereocenters. The molecule has 3 N–H and O–H groups in total. The van der Waals surface area contributed by atoms with Crippen molar-refractivity contribution in [1.29, 1.82) is 0 Å². The molecule has 2 heterocycles. The minimum atomic E-state index is -0.981. The Bertz CT molecular complexity index is 516. The van der Waals surface area contributed by atoms with Crippen LogP contribution in [0.25, 0.3) is 0 Å². The highest BCUT2D eigenvalue weighted by Gasteiger charge is 2.25. The number of carboxylic acids is 1. The number of hydrogen-bond acceptors (Lipinski definition) is 4. The molecule has 2 rings (SSSR count). The maximum absolute atomic E-state index is 11.2. The number of piperidine rings is 1. The van der Waals surface area contributed by atoms with Gasteiger partial charge in [0.05, 0.1) is 17.2 Å². The van der Waals surface area contributed by atoms with Crippen LogP contribution in [0.15, 0.2) is 12.1 Å². The lowest BCUT2D eigenvalue weighted by Gasteiger charge is -2.32.